The molecule has 3 rings (SSSR count). The van der Waals surface area contributed by atoms with Crippen molar-refractivity contribution >= 4 is 22.4 Å². The number of aromatic nitrogens is 1. The Hall–Kier alpha value is -0.980. The molecule has 0 bridgehead atoms. The average Bonchev–Trinajstić information content (AvgIpc) is 3.16. The van der Waals surface area contributed by atoms with Crippen molar-refractivity contribution in [2.45, 2.75) is 64.0 Å². The van der Waals surface area contributed by atoms with E-state index in [1.807, 2.05) is 5.38 Å². The van der Waals surface area contributed by atoms with Crippen LogP contribution in [0.15, 0.2) is 5.38 Å². The van der Waals surface area contributed by atoms with Crippen LogP contribution in [0.4, 0.5) is 5.13 Å². The molecule has 0 aromatic carbocycles. The molecule has 2 aliphatic rings. The Morgan fingerprint density at radius 2 is 2.09 bits per heavy atom. The molecule has 23 heavy (non-hydrogen) atoms. The summed E-state index contributed by atoms with van der Waals surface area (Å²) < 4.78 is 5.45. The zero-order valence-corrected chi connectivity index (χ0v) is 15.1. The summed E-state index contributed by atoms with van der Waals surface area (Å²) in [5.74, 6) is 0.101. The lowest BCUT2D eigenvalue weighted by Crippen LogP contribution is -2.47. The van der Waals surface area contributed by atoms with Gasteiger partial charge in [0.1, 0.15) is 0 Å². The molecule has 2 aliphatic heterocycles. The molecule has 6 heteroatoms. The molecule has 0 spiro atoms. The number of nitrogens with one attached hydrogen (secondary N) is 1. The SMILES string of the molecule is CC(C)(C)c1csc(NC(=O)[C@@H]2CCCN2C2CCOCC2)n1. The van der Waals surface area contributed by atoms with Crippen molar-refractivity contribution in [3.8, 4) is 0 Å². The largest absolute Gasteiger partial charge is 0.381 e. The number of likely N-dealkylation sites (tertiary alicyclic amines) is 1. The molecule has 1 N–H and O–H groups in total. The van der Waals surface area contributed by atoms with E-state index in [0.717, 1.165) is 56.3 Å². The number of hydrogen-bond acceptors (Lipinski definition) is 5. The van der Waals surface area contributed by atoms with Gasteiger partial charge in [0, 0.05) is 30.1 Å². The molecule has 5 nitrogen and oxygen atoms in total. The number of anilines is 1. The molecule has 0 unspecified atom stereocenters. The third-order valence-corrected chi connectivity index (χ3v) is 5.52. The summed E-state index contributed by atoms with van der Waals surface area (Å²) in [6, 6.07) is 0.475. The van der Waals surface area contributed by atoms with Crippen molar-refractivity contribution in [2.24, 2.45) is 0 Å². The summed E-state index contributed by atoms with van der Waals surface area (Å²) in [5.41, 5.74) is 1.05. The lowest BCUT2D eigenvalue weighted by atomic mass is 9.93. The van der Waals surface area contributed by atoms with Crippen molar-refractivity contribution in [3.05, 3.63) is 11.1 Å². The van der Waals surface area contributed by atoms with Crippen molar-refractivity contribution in [1.29, 1.82) is 0 Å². The highest BCUT2D eigenvalue weighted by Crippen LogP contribution is 2.29. The molecule has 128 valence electrons. The first-order valence-corrected chi connectivity index (χ1v) is 9.43. The Kier molecular flexibility index (Phi) is 5.04. The molecule has 0 radical (unpaired) electrons. The number of thiazole rings is 1. The predicted octanol–water partition coefficient (Wildman–Crippen LogP) is 3.02. The van der Waals surface area contributed by atoms with Gasteiger partial charge in [-0.3, -0.25) is 9.69 Å². The zero-order valence-electron chi connectivity index (χ0n) is 14.3. The number of amides is 1. The minimum Gasteiger partial charge on any atom is -0.381 e. The Morgan fingerprint density at radius 3 is 2.74 bits per heavy atom. The number of nitrogens with zero attached hydrogens (tertiary/aromatic N) is 2. The number of carbonyl (C=O) groups is 1. The molecule has 2 saturated heterocycles. The van der Waals surface area contributed by atoms with Crippen molar-refractivity contribution in [3.63, 3.8) is 0 Å². The fourth-order valence-electron chi connectivity index (χ4n) is 3.39. The quantitative estimate of drug-likeness (QED) is 0.921. The third kappa shape index (κ3) is 3.92. The van der Waals surface area contributed by atoms with E-state index in [1.165, 1.54) is 11.3 Å². The number of carbonyl (C=O) groups excluding carboxylic acids is 1. The van der Waals surface area contributed by atoms with Crippen LogP contribution in [0.2, 0.25) is 0 Å². The van der Waals surface area contributed by atoms with Crippen LogP contribution in [0, 0.1) is 0 Å². The normalized spacial score (nSPS) is 24.0. The van der Waals surface area contributed by atoms with Crippen LogP contribution in [0.3, 0.4) is 0 Å². The second kappa shape index (κ2) is 6.87. The molecule has 2 fully saturated rings. The maximum atomic E-state index is 12.7. The molecule has 0 aliphatic carbocycles. The fourth-order valence-corrected chi connectivity index (χ4v) is 4.33. The van der Waals surface area contributed by atoms with E-state index in [-0.39, 0.29) is 17.4 Å². The molecule has 1 atom stereocenters. The zero-order chi connectivity index (χ0) is 16.4. The van der Waals surface area contributed by atoms with Crippen LogP contribution in [0.5, 0.6) is 0 Å². The van der Waals surface area contributed by atoms with E-state index in [4.69, 9.17) is 4.74 Å². The monoisotopic (exact) mass is 337 g/mol. The summed E-state index contributed by atoms with van der Waals surface area (Å²) in [6.07, 6.45) is 4.12. The van der Waals surface area contributed by atoms with Gasteiger partial charge < -0.3 is 10.1 Å². The molecule has 3 heterocycles. The van der Waals surface area contributed by atoms with Crippen LogP contribution in [0.1, 0.15) is 52.1 Å². The average molecular weight is 337 g/mol. The predicted molar refractivity (Wildman–Crippen MR) is 93.0 cm³/mol. The third-order valence-electron chi connectivity index (χ3n) is 4.76. The highest BCUT2D eigenvalue weighted by Gasteiger charge is 2.36. The smallest absolute Gasteiger partial charge is 0.243 e. The number of rotatable bonds is 3. The van der Waals surface area contributed by atoms with Gasteiger partial charge in [-0.2, -0.15) is 0 Å². The summed E-state index contributed by atoms with van der Waals surface area (Å²) in [4.78, 5) is 19.7. The van der Waals surface area contributed by atoms with E-state index in [1.54, 1.807) is 0 Å². The maximum absolute atomic E-state index is 12.7. The van der Waals surface area contributed by atoms with Gasteiger partial charge in [-0.25, -0.2) is 4.98 Å². The van der Waals surface area contributed by atoms with Crippen LogP contribution < -0.4 is 5.32 Å². The lowest BCUT2D eigenvalue weighted by Gasteiger charge is -2.34. The maximum Gasteiger partial charge on any atom is 0.243 e. The molecular formula is C17H27N3O2S. The summed E-state index contributed by atoms with van der Waals surface area (Å²) >= 11 is 1.52. The van der Waals surface area contributed by atoms with Crippen LogP contribution in [-0.2, 0) is 14.9 Å². The number of hydrogen-bond donors (Lipinski definition) is 1. The van der Waals surface area contributed by atoms with Crippen LogP contribution in [-0.4, -0.2) is 47.6 Å². The first-order chi connectivity index (χ1) is 10.9. The Morgan fingerprint density at radius 1 is 1.35 bits per heavy atom. The first kappa shape index (κ1) is 16.9. The highest BCUT2D eigenvalue weighted by atomic mass is 32.1. The van der Waals surface area contributed by atoms with Crippen LogP contribution >= 0.6 is 11.3 Å². The van der Waals surface area contributed by atoms with E-state index >= 15 is 0 Å². The van der Waals surface area contributed by atoms with E-state index in [9.17, 15) is 4.79 Å². The van der Waals surface area contributed by atoms with Crippen molar-refractivity contribution < 1.29 is 9.53 Å². The van der Waals surface area contributed by atoms with Gasteiger partial charge in [-0.05, 0) is 32.2 Å². The summed E-state index contributed by atoms with van der Waals surface area (Å²) in [5, 5.41) is 5.80. The van der Waals surface area contributed by atoms with Gasteiger partial charge in [0.25, 0.3) is 0 Å². The van der Waals surface area contributed by atoms with Gasteiger partial charge in [-0.1, -0.05) is 20.8 Å². The molecule has 1 aromatic rings. The second-order valence-electron chi connectivity index (χ2n) is 7.52. The minimum absolute atomic E-state index is 0.0138. The second-order valence-corrected chi connectivity index (χ2v) is 8.37. The van der Waals surface area contributed by atoms with Crippen molar-refractivity contribution in [1.82, 2.24) is 9.88 Å². The van der Waals surface area contributed by atoms with E-state index in [0.29, 0.717) is 6.04 Å². The summed E-state index contributed by atoms with van der Waals surface area (Å²) in [6.45, 7) is 9.06. The molecule has 1 amide bonds. The molecule has 0 saturated carbocycles. The van der Waals surface area contributed by atoms with E-state index in [2.05, 4.69) is 36.0 Å². The fraction of sp³-hybridized carbons (Fsp3) is 0.765. The van der Waals surface area contributed by atoms with Gasteiger partial charge >= 0.3 is 0 Å². The first-order valence-electron chi connectivity index (χ1n) is 8.55. The topological polar surface area (TPSA) is 54.5 Å². The lowest BCUT2D eigenvalue weighted by molar-refractivity contribution is -0.121. The highest BCUT2D eigenvalue weighted by molar-refractivity contribution is 7.14. The van der Waals surface area contributed by atoms with Gasteiger partial charge in [0.05, 0.1) is 11.7 Å². The van der Waals surface area contributed by atoms with Crippen LogP contribution in [0.25, 0.3) is 0 Å². The van der Waals surface area contributed by atoms with E-state index < -0.39 is 0 Å². The van der Waals surface area contributed by atoms with Gasteiger partial charge in [0.2, 0.25) is 5.91 Å². The molecular weight excluding hydrogens is 310 g/mol. The van der Waals surface area contributed by atoms with Crippen molar-refractivity contribution in [2.75, 3.05) is 25.1 Å². The Bertz CT molecular complexity index is 546. The Balaban J connectivity index is 1.63. The Labute approximate surface area is 142 Å². The van der Waals surface area contributed by atoms with Gasteiger partial charge in [-0.15, -0.1) is 11.3 Å². The van der Waals surface area contributed by atoms with Gasteiger partial charge in [0.15, 0.2) is 5.13 Å². The standard InChI is InChI=1S/C17H27N3O2S/c1-17(2,3)14-11-23-16(18-14)19-15(21)13-5-4-8-20(13)12-6-9-22-10-7-12/h11-13H,4-10H2,1-3H3,(H,18,19,21)/t13-/m0/s1. The minimum atomic E-state index is -0.0138. The number of ether oxygens (including phenoxy) is 1. The summed E-state index contributed by atoms with van der Waals surface area (Å²) in [7, 11) is 0. The molecule has 1 aromatic heterocycles.